The monoisotopic (exact) mass is 306 g/mol. The molecule has 6 heteroatoms. The summed E-state index contributed by atoms with van der Waals surface area (Å²) in [5.41, 5.74) is 0.550. The minimum atomic E-state index is -0.423. The highest BCUT2D eigenvalue weighted by atomic mass is 32.2. The molecular formula is C15H18N2O3S. The van der Waals surface area contributed by atoms with Crippen molar-refractivity contribution in [1.82, 2.24) is 9.55 Å². The predicted molar refractivity (Wildman–Crippen MR) is 83.7 cm³/mol. The Morgan fingerprint density at radius 2 is 1.95 bits per heavy atom. The summed E-state index contributed by atoms with van der Waals surface area (Å²) in [7, 11) is 1.35. The van der Waals surface area contributed by atoms with E-state index in [4.69, 9.17) is 4.74 Å². The molecular weight excluding hydrogens is 288 g/mol. The SMILES string of the molecule is COC(=O)[C@@H](C)Sc1nc2ccccc2c(=O)n1C(C)C. The van der Waals surface area contributed by atoms with Crippen LogP contribution >= 0.6 is 11.8 Å². The average Bonchev–Trinajstić information content (AvgIpc) is 2.46. The molecule has 112 valence electrons. The summed E-state index contributed by atoms with van der Waals surface area (Å²) in [6.07, 6.45) is 0. The molecule has 0 amide bonds. The topological polar surface area (TPSA) is 61.2 Å². The van der Waals surface area contributed by atoms with Crippen LogP contribution in [0.1, 0.15) is 26.8 Å². The highest BCUT2D eigenvalue weighted by Gasteiger charge is 2.20. The number of aromatic nitrogens is 2. The first-order valence-corrected chi connectivity index (χ1v) is 7.59. The Labute approximate surface area is 127 Å². The highest BCUT2D eigenvalue weighted by molar-refractivity contribution is 8.00. The lowest BCUT2D eigenvalue weighted by Gasteiger charge is -2.17. The Balaban J connectivity index is 2.58. The van der Waals surface area contributed by atoms with Gasteiger partial charge in [-0.2, -0.15) is 0 Å². The first-order valence-electron chi connectivity index (χ1n) is 6.71. The highest BCUT2D eigenvalue weighted by Crippen LogP contribution is 2.25. The molecule has 0 radical (unpaired) electrons. The molecule has 2 aromatic rings. The largest absolute Gasteiger partial charge is 0.468 e. The minimum absolute atomic E-state index is 0.0399. The van der Waals surface area contributed by atoms with Gasteiger partial charge < -0.3 is 4.74 Å². The van der Waals surface area contributed by atoms with Gasteiger partial charge in [0.05, 0.1) is 18.0 Å². The van der Waals surface area contributed by atoms with Gasteiger partial charge in [0.2, 0.25) is 0 Å². The van der Waals surface area contributed by atoms with E-state index in [-0.39, 0.29) is 17.6 Å². The maximum absolute atomic E-state index is 12.6. The van der Waals surface area contributed by atoms with Gasteiger partial charge in [-0.15, -0.1) is 0 Å². The second-order valence-corrected chi connectivity index (χ2v) is 6.27. The number of ether oxygens (including phenoxy) is 1. The smallest absolute Gasteiger partial charge is 0.318 e. The van der Waals surface area contributed by atoms with Gasteiger partial charge in [-0.05, 0) is 32.9 Å². The average molecular weight is 306 g/mol. The third kappa shape index (κ3) is 3.10. The fourth-order valence-corrected chi connectivity index (χ4v) is 3.10. The third-order valence-electron chi connectivity index (χ3n) is 3.11. The zero-order chi connectivity index (χ0) is 15.6. The summed E-state index contributed by atoms with van der Waals surface area (Å²) in [6.45, 7) is 5.58. The van der Waals surface area contributed by atoms with E-state index in [1.165, 1.54) is 18.9 Å². The van der Waals surface area contributed by atoms with Crippen molar-refractivity contribution in [3.8, 4) is 0 Å². The molecule has 0 aliphatic rings. The van der Waals surface area contributed by atoms with Gasteiger partial charge in [0, 0.05) is 6.04 Å². The maximum Gasteiger partial charge on any atom is 0.318 e. The van der Waals surface area contributed by atoms with E-state index < -0.39 is 5.25 Å². The Bertz CT molecular complexity index is 724. The van der Waals surface area contributed by atoms with Crippen molar-refractivity contribution in [3.05, 3.63) is 34.6 Å². The van der Waals surface area contributed by atoms with Crippen LogP contribution < -0.4 is 5.56 Å². The normalized spacial score (nSPS) is 12.6. The molecule has 0 spiro atoms. The molecule has 1 aromatic carbocycles. The number of nitrogens with zero attached hydrogens (tertiary/aromatic N) is 2. The predicted octanol–water partition coefficient (Wildman–Crippen LogP) is 2.63. The number of esters is 1. The second-order valence-electron chi connectivity index (χ2n) is 4.96. The summed E-state index contributed by atoms with van der Waals surface area (Å²) in [6, 6.07) is 7.18. The zero-order valence-electron chi connectivity index (χ0n) is 12.5. The van der Waals surface area contributed by atoms with E-state index >= 15 is 0 Å². The number of rotatable bonds is 4. The molecule has 0 bridgehead atoms. The minimum Gasteiger partial charge on any atom is -0.468 e. The Hall–Kier alpha value is -1.82. The lowest BCUT2D eigenvalue weighted by atomic mass is 10.2. The second kappa shape index (κ2) is 6.30. The van der Waals surface area contributed by atoms with E-state index in [0.717, 1.165) is 0 Å². The molecule has 0 saturated carbocycles. The van der Waals surface area contributed by atoms with Crippen LogP contribution in [0.3, 0.4) is 0 Å². The van der Waals surface area contributed by atoms with Crippen molar-refractivity contribution in [2.24, 2.45) is 0 Å². The number of carbonyl (C=O) groups excluding carboxylic acids is 1. The molecule has 0 unspecified atom stereocenters. The number of hydrogen-bond acceptors (Lipinski definition) is 5. The van der Waals surface area contributed by atoms with E-state index in [1.807, 2.05) is 26.0 Å². The number of para-hydroxylation sites is 1. The van der Waals surface area contributed by atoms with Gasteiger partial charge >= 0.3 is 5.97 Å². The molecule has 2 rings (SSSR count). The van der Waals surface area contributed by atoms with Crippen LogP contribution in [0.5, 0.6) is 0 Å². The van der Waals surface area contributed by atoms with Crippen LogP contribution in [-0.2, 0) is 9.53 Å². The first-order chi connectivity index (χ1) is 9.95. The van der Waals surface area contributed by atoms with E-state index in [2.05, 4.69) is 4.98 Å². The quantitative estimate of drug-likeness (QED) is 0.494. The Kier molecular flexibility index (Phi) is 4.67. The molecule has 0 fully saturated rings. The van der Waals surface area contributed by atoms with Crippen LogP contribution in [0.2, 0.25) is 0 Å². The summed E-state index contributed by atoms with van der Waals surface area (Å²) in [4.78, 5) is 28.7. The van der Waals surface area contributed by atoms with Gasteiger partial charge in [-0.3, -0.25) is 14.2 Å². The first kappa shape index (κ1) is 15.6. The van der Waals surface area contributed by atoms with Crippen LogP contribution in [0.25, 0.3) is 10.9 Å². The van der Waals surface area contributed by atoms with Crippen molar-refractivity contribution in [2.45, 2.75) is 37.2 Å². The van der Waals surface area contributed by atoms with Gasteiger partial charge in [-0.25, -0.2) is 4.98 Å². The molecule has 0 N–H and O–H groups in total. The number of benzene rings is 1. The van der Waals surface area contributed by atoms with Gasteiger partial charge in [-0.1, -0.05) is 23.9 Å². The molecule has 1 heterocycles. The molecule has 1 atom stereocenters. The van der Waals surface area contributed by atoms with E-state index in [0.29, 0.717) is 16.1 Å². The van der Waals surface area contributed by atoms with E-state index in [1.54, 1.807) is 23.6 Å². The summed E-state index contributed by atoms with van der Waals surface area (Å²) in [5, 5.41) is 0.695. The molecule has 21 heavy (non-hydrogen) atoms. The summed E-state index contributed by atoms with van der Waals surface area (Å²) in [5.74, 6) is -0.335. The number of thioether (sulfide) groups is 1. The molecule has 0 saturated heterocycles. The van der Waals surface area contributed by atoms with Gasteiger partial charge in [0.1, 0.15) is 5.25 Å². The molecule has 0 aliphatic carbocycles. The molecule has 5 nitrogen and oxygen atoms in total. The summed E-state index contributed by atoms with van der Waals surface area (Å²) >= 11 is 1.24. The van der Waals surface area contributed by atoms with Crippen molar-refractivity contribution in [2.75, 3.05) is 7.11 Å². The van der Waals surface area contributed by atoms with Crippen molar-refractivity contribution >= 4 is 28.6 Å². The lowest BCUT2D eigenvalue weighted by Crippen LogP contribution is -2.26. The fourth-order valence-electron chi connectivity index (χ4n) is 2.04. The van der Waals surface area contributed by atoms with Crippen molar-refractivity contribution in [1.29, 1.82) is 0 Å². The van der Waals surface area contributed by atoms with Gasteiger partial charge in [0.25, 0.3) is 5.56 Å². The number of carbonyl (C=O) groups is 1. The Morgan fingerprint density at radius 3 is 2.57 bits per heavy atom. The van der Waals surface area contributed by atoms with Crippen LogP contribution in [0.15, 0.2) is 34.2 Å². The zero-order valence-corrected chi connectivity index (χ0v) is 13.3. The van der Waals surface area contributed by atoms with Crippen molar-refractivity contribution in [3.63, 3.8) is 0 Å². The van der Waals surface area contributed by atoms with Crippen LogP contribution in [-0.4, -0.2) is 27.9 Å². The molecule has 1 aromatic heterocycles. The van der Waals surface area contributed by atoms with Crippen LogP contribution in [0.4, 0.5) is 0 Å². The fraction of sp³-hybridized carbons (Fsp3) is 0.400. The lowest BCUT2D eigenvalue weighted by molar-refractivity contribution is -0.139. The number of methoxy groups -OCH3 is 1. The van der Waals surface area contributed by atoms with Gasteiger partial charge in [0.15, 0.2) is 5.16 Å². The number of hydrogen-bond donors (Lipinski definition) is 0. The Morgan fingerprint density at radius 1 is 1.29 bits per heavy atom. The number of fused-ring (bicyclic) bond motifs is 1. The van der Waals surface area contributed by atoms with E-state index in [9.17, 15) is 9.59 Å². The maximum atomic E-state index is 12.6. The van der Waals surface area contributed by atoms with Crippen molar-refractivity contribution < 1.29 is 9.53 Å². The summed E-state index contributed by atoms with van der Waals surface area (Å²) < 4.78 is 6.34. The third-order valence-corrected chi connectivity index (χ3v) is 4.15. The standard InChI is InChI=1S/C15H18N2O3S/c1-9(2)17-13(18)11-7-5-6-8-12(11)16-15(17)21-10(3)14(19)20-4/h5-10H,1-4H3/t10-/m1/s1. The van der Waals surface area contributed by atoms with Crippen LogP contribution in [0, 0.1) is 0 Å². The molecule has 0 aliphatic heterocycles.